The van der Waals surface area contributed by atoms with Crippen LogP contribution in [0.4, 0.5) is 0 Å². The number of thioether (sulfide) groups is 1. The molecule has 0 aliphatic rings. The van der Waals surface area contributed by atoms with Crippen molar-refractivity contribution in [1.29, 1.82) is 0 Å². The van der Waals surface area contributed by atoms with E-state index in [9.17, 15) is 4.79 Å². The monoisotopic (exact) mass is 450 g/mol. The van der Waals surface area contributed by atoms with Crippen molar-refractivity contribution in [2.75, 3.05) is 12.9 Å². The van der Waals surface area contributed by atoms with Crippen molar-refractivity contribution in [3.63, 3.8) is 0 Å². The van der Waals surface area contributed by atoms with E-state index >= 15 is 0 Å². The highest BCUT2D eigenvalue weighted by Crippen LogP contribution is 2.28. The van der Waals surface area contributed by atoms with Crippen LogP contribution in [0, 0.1) is 0 Å². The number of amides is 1. The van der Waals surface area contributed by atoms with Gasteiger partial charge in [-0.25, -0.2) is 0 Å². The van der Waals surface area contributed by atoms with Crippen LogP contribution in [0.25, 0.3) is 11.4 Å². The van der Waals surface area contributed by atoms with E-state index in [-0.39, 0.29) is 17.1 Å². The third kappa shape index (κ3) is 5.79. The van der Waals surface area contributed by atoms with Crippen LogP contribution >= 0.6 is 11.8 Å². The maximum atomic E-state index is 12.4. The molecule has 2 aromatic carbocycles. The number of para-hydroxylation sites is 1. The molecule has 1 aromatic heterocycles. The van der Waals surface area contributed by atoms with Crippen LogP contribution in [0.5, 0.6) is 5.75 Å². The van der Waals surface area contributed by atoms with Gasteiger partial charge in [0.25, 0.3) is 0 Å². The summed E-state index contributed by atoms with van der Waals surface area (Å²) in [5.74, 6) is 1.69. The fraction of sp³-hybridized carbons (Fsp3) is 0.320. The predicted molar refractivity (Wildman–Crippen MR) is 130 cm³/mol. The van der Waals surface area contributed by atoms with Crippen molar-refractivity contribution in [2.45, 2.75) is 44.4 Å². The third-order valence-electron chi connectivity index (χ3n) is 5.04. The average molecular weight is 451 g/mol. The van der Waals surface area contributed by atoms with E-state index in [1.54, 1.807) is 7.11 Å². The molecule has 0 spiro atoms. The van der Waals surface area contributed by atoms with Crippen LogP contribution in [0.3, 0.4) is 0 Å². The summed E-state index contributed by atoms with van der Waals surface area (Å²) in [4.78, 5) is 12.4. The highest BCUT2D eigenvalue weighted by atomic mass is 32.2. The number of benzene rings is 2. The Labute approximate surface area is 194 Å². The quantitative estimate of drug-likeness (QED) is 0.373. The molecule has 6 nitrogen and oxygen atoms in total. The van der Waals surface area contributed by atoms with Gasteiger partial charge in [0.2, 0.25) is 5.91 Å². The topological polar surface area (TPSA) is 69.0 Å². The Morgan fingerprint density at radius 2 is 1.88 bits per heavy atom. The normalized spacial score (nSPS) is 11.2. The number of ether oxygens (including phenoxy) is 1. The van der Waals surface area contributed by atoms with Crippen LogP contribution < -0.4 is 10.1 Å². The van der Waals surface area contributed by atoms with Gasteiger partial charge in [0.1, 0.15) is 5.75 Å². The Hall–Kier alpha value is -3.06. The van der Waals surface area contributed by atoms with Crippen molar-refractivity contribution in [1.82, 2.24) is 20.1 Å². The number of rotatable bonds is 9. The zero-order chi connectivity index (χ0) is 23.1. The summed E-state index contributed by atoms with van der Waals surface area (Å²) in [6, 6.07) is 16.0. The number of nitrogens with zero attached hydrogens (tertiary/aromatic N) is 3. The molecule has 1 amide bonds. The number of hydrogen-bond donors (Lipinski definition) is 1. The lowest BCUT2D eigenvalue weighted by Crippen LogP contribution is -2.25. The zero-order valence-corrected chi connectivity index (χ0v) is 19.9. The molecule has 7 heteroatoms. The molecule has 0 atom stereocenters. The summed E-state index contributed by atoms with van der Waals surface area (Å²) in [5.41, 5.74) is 3.27. The lowest BCUT2D eigenvalue weighted by Gasteiger charge is -2.19. The summed E-state index contributed by atoms with van der Waals surface area (Å²) in [6.45, 7) is 11.4. The molecule has 0 bridgehead atoms. The summed E-state index contributed by atoms with van der Waals surface area (Å²) in [5, 5.41) is 12.3. The Balaban J connectivity index is 1.67. The lowest BCUT2D eigenvalue weighted by atomic mass is 9.87. The number of carbonyl (C=O) groups is 1. The summed E-state index contributed by atoms with van der Waals surface area (Å²) in [6.07, 6.45) is 1.81. The van der Waals surface area contributed by atoms with Gasteiger partial charge in [0.15, 0.2) is 11.0 Å². The first kappa shape index (κ1) is 23.6. The van der Waals surface area contributed by atoms with Gasteiger partial charge < -0.3 is 10.1 Å². The van der Waals surface area contributed by atoms with E-state index in [1.165, 1.54) is 17.3 Å². The molecule has 0 fully saturated rings. The Bertz CT molecular complexity index is 1070. The van der Waals surface area contributed by atoms with E-state index in [0.717, 1.165) is 22.7 Å². The van der Waals surface area contributed by atoms with E-state index in [0.29, 0.717) is 18.2 Å². The molecule has 3 rings (SSSR count). The van der Waals surface area contributed by atoms with Crippen LogP contribution in [0.2, 0.25) is 0 Å². The van der Waals surface area contributed by atoms with Gasteiger partial charge in [-0.3, -0.25) is 9.36 Å². The van der Waals surface area contributed by atoms with Crippen LogP contribution in [-0.2, 0) is 23.3 Å². The second kappa shape index (κ2) is 10.5. The summed E-state index contributed by atoms with van der Waals surface area (Å²) in [7, 11) is 1.62. The summed E-state index contributed by atoms with van der Waals surface area (Å²) < 4.78 is 7.32. The Morgan fingerprint density at radius 1 is 1.16 bits per heavy atom. The minimum absolute atomic E-state index is 0.0786. The number of nitrogens with one attached hydrogen (secondary N) is 1. The molecule has 0 unspecified atom stereocenters. The van der Waals surface area contributed by atoms with Crippen molar-refractivity contribution < 1.29 is 9.53 Å². The number of carbonyl (C=O) groups excluding carboxylic acids is 1. The molecule has 1 N–H and O–H groups in total. The van der Waals surface area contributed by atoms with E-state index in [4.69, 9.17) is 4.74 Å². The van der Waals surface area contributed by atoms with Crippen LogP contribution in [-0.4, -0.2) is 33.5 Å². The minimum atomic E-state index is -0.0786. The first-order chi connectivity index (χ1) is 15.3. The number of methoxy groups -OCH3 is 1. The van der Waals surface area contributed by atoms with Gasteiger partial charge in [-0.15, -0.1) is 16.8 Å². The SMILES string of the molecule is C=CCn1c(SCC(=O)NCc2ccccc2OC)nnc1-c1ccc(C(C)(C)C)cc1. The fourth-order valence-electron chi connectivity index (χ4n) is 3.25. The van der Waals surface area contributed by atoms with Crippen molar-refractivity contribution in [3.05, 3.63) is 72.3 Å². The highest BCUT2D eigenvalue weighted by Gasteiger charge is 2.17. The van der Waals surface area contributed by atoms with Crippen molar-refractivity contribution in [2.24, 2.45) is 0 Å². The molecule has 0 aliphatic carbocycles. The number of aromatic nitrogens is 3. The first-order valence-electron chi connectivity index (χ1n) is 10.5. The molecule has 168 valence electrons. The standard InChI is InChI=1S/C25H30N4O2S/c1-6-15-29-23(18-11-13-20(14-12-18)25(2,3)4)27-28-24(29)32-17-22(30)26-16-19-9-7-8-10-21(19)31-5/h6-14H,1,15-17H2,2-5H3,(H,26,30). The fourth-order valence-corrected chi connectivity index (χ4v) is 4.02. The van der Waals surface area contributed by atoms with Crippen molar-refractivity contribution in [3.8, 4) is 17.1 Å². The molecular formula is C25H30N4O2S. The van der Waals surface area contributed by atoms with Crippen LogP contribution in [0.1, 0.15) is 31.9 Å². The van der Waals surface area contributed by atoms with Crippen molar-refractivity contribution >= 4 is 17.7 Å². The maximum Gasteiger partial charge on any atom is 0.230 e. The average Bonchev–Trinajstić information content (AvgIpc) is 3.18. The predicted octanol–water partition coefficient (Wildman–Crippen LogP) is 4.85. The molecular weight excluding hydrogens is 420 g/mol. The molecule has 0 saturated heterocycles. The van der Waals surface area contributed by atoms with Crippen LogP contribution in [0.15, 0.2) is 66.3 Å². The largest absolute Gasteiger partial charge is 0.496 e. The molecule has 1 heterocycles. The van der Waals surface area contributed by atoms with Gasteiger partial charge >= 0.3 is 0 Å². The van der Waals surface area contributed by atoms with Gasteiger partial charge in [0, 0.05) is 24.2 Å². The van der Waals surface area contributed by atoms with E-state index in [2.05, 4.69) is 67.1 Å². The Morgan fingerprint density at radius 3 is 2.53 bits per heavy atom. The smallest absolute Gasteiger partial charge is 0.230 e. The highest BCUT2D eigenvalue weighted by molar-refractivity contribution is 7.99. The van der Waals surface area contributed by atoms with Gasteiger partial charge in [-0.05, 0) is 17.0 Å². The maximum absolute atomic E-state index is 12.4. The molecule has 0 aliphatic heterocycles. The van der Waals surface area contributed by atoms with Gasteiger partial charge in [-0.2, -0.15) is 0 Å². The van der Waals surface area contributed by atoms with E-state index < -0.39 is 0 Å². The minimum Gasteiger partial charge on any atom is -0.496 e. The number of hydrogen-bond acceptors (Lipinski definition) is 5. The molecule has 32 heavy (non-hydrogen) atoms. The number of allylic oxidation sites excluding steroid dienone is 1. The molecule has 3 aromatic rings. The zero-order valence-electron chi connectivity index (χ0n) is 19.1. The lowest BCUT2D eigenvalue weighted by molar-refractivity contribution is -0.118. The summed E-state index contributed by atoms with van der Waals surface area (Å²) >= 11 is 1.36. The molecule has 0 radical (unpaired) electrons. The van der Waals surface area contributed by atoms with Gasteiger partial charge in [-0.1, -0.05) is 81.1 Å². The second-order valence-corrected chi connectivity index (χ2v) is 9.35. The Kier molecular flexibility index (Phi) is 7.75. The van der Waals surface area contributed by atoms with Gasteiger partial charge in [0.05, 0.1) is 12.9 Å². The first-order valence-corrected chi connectivity index (χ1v) is 11.5. The third-order valence-corrected chi connectivity index (χ3v) is 6.01. The molecule has 0 saturated carbocycles. The van der Waals surface area contributed by atoms with E-state index in [1.807, 2.05) is 34.9 Å². The second-order valence-electron chi connectivity index (χ2n) is 8.41.